The zero-order valence-electron chi connectivity index (χ0n) is 14.6. The molecule has 0 saturated heterocycles. The second kappa shape index (κ2) is 7.50. The number of anilines is 1. The first kappa shape index (κ1) is 16.5. The number of benzene rings is 2. The van der Waals surface area contributed by atoms with Gasteiger partial charge in [0.25, 0.3) is 5.91 Å². The molecule has 0 bridgehead atoms. The van der Waals surface area contributed by atoms with Crippen LogP contribution in [0.1, 0.15) is 27.0 Å². The van der Waals surface area contributed by atoms with Crippen LogP contribution in [0.25, 0.3) is 0 Å². The first-order valence-electron chi connectivity index (χ1n) is 8.88. The van der Waals surface area contributed by atoms with Crippen molar-refractivity contribution in [2.45, 2.75) is 19.5 Å². The highest BCUT2D eigenvalue weighted by atomic mass is 16.1. The monoisotopic (exact) mass is 343 g/mol. The Hall–Kier alpha value is -2.98. The average Bonchev–Trinajstić information content (AvgIpc) is 2.69. The van der Waals surface area contributed by atoms with Crippen LogP contribution in [0.5, 0.6) is 0 Å². The van der Waals surface area contributed by atoms with Gasteiger partial charge in [-0.25, -0.2) is 0 Å². The number of amides is 1. The standard InChI is InChI=1S/C22H21N3O/c26-22(18-9-5-2-6-10-18)24-21-14-23-13-19-16-25(12-11-20(19)21)15-17-7-3-1-4-8-17/h1-10,13-14H,11-12,15-16H2,(H,24,26). The van der Waals surface area contributed by atoms with Gasteiger partial charge in [0.2, 0.25) is 0 Å². The van der Waals surface area contributed by atoms with E-state index in [9.17, 15) is 4.79 Å². The van der Waals surface area contributed by atoms with Crippen LogP contribution in [0.4, 0.5) is 5.69 Å². The van der Waals surface area contributed by atoms with E-state index in [1.165, 1.54) is 16.7 Å². The van der Waals surface area contributed by atoms with E-state index in [1.807, 2.05) is 42.6 Å². The van der Waals surface area contributed by atoms with E-state index < -0.39 is 0 Å². The first-order chi connectivity index (χ1) is 12.8. The SMILES string of the molecule is O=C(Nc1cncc2c1CCN(Cc1ccccc1)C2)c1ccccc1. The second-order valence-corrected chi connectivity index (χ2v) is 6.59. The van der Waals surface area contributed by atoms with Crippen molar-refractivity contribution in [1.29, 1.82) is 0 Å². The third-order valence-electron chi connectivity index (χ3n) is 4.75. The first-order valence-corrected chi connectivity index (χ1v) is 8.88. The van der Waals surface area contributed by atoms with Crippen LogP contribution in [0.3, 0.4) is 0 Å². The fourth-order valence-corrected chi connectivity index (χ4v) is 3.42. The van der Waals surface area contributed by atoms with Crippen molar-refractivity contribution < 1.29 is 4.79 Å². The van der Waals surface area contributed by atoms with Crippen LogP contribution < -0.4 is 5.32 Å². The van der Waals surface area contributed by atoms with Crippen molar-refractivity contribution in [1.82, 2.24) is 9.88 Å². The Balaban J connectivity index is 1.49. The highest BCUT2D eigenvalue weighted by Crippen LogP contribution is 2.26. The number of carbonyl (C=O) groups is 1. The maximum atomic E-state index is 12.5. The number of fused-ring (bicyclic) bond motifs is 1. The lowest BCUT2D eigenvalue weighted by Crippen LogP contribution is -2.31. The molecule has 0 atom stereocenters. The molecular formula is C22H21N3O. The number of hydrogen-bond donors (Lipinski definition) is 1. The van der Waals surface area contributed by atoms with E-state index in [-0.39, 0.29) is 5.91 Å². The van der Waals surface area contributed by atoms with Crippen LogP contribution in [0, 0.1) is 0 Å². The molecule has 0 unspecified atom stereocenters. The normalized spacial score (nSPS) is 13.8. The van der Waals surface area contributed by atoms with Gasteiger partial charge in [-0.2, -0.15) is 0 Å². The lowest BCUT2D eigenvalue weighted by molar-refractivity contribution is 0.102. The zero-order chi connectivity index (χ0) is 17.8. The summed E-state index contributed by atoms with van der Waals surface area (Å²) < 4.78 is 0. The lowest BCUT2D eigenvalue weighted by Gasteiger charge is -2.29. The number of nitrogens with zero attached hydrogens (tertiary/aromatic N) is 2. The van der Waals surface area contributed by atoms with Gasteiger partial charge in [0.05, 0.1) is 11.9 Å². The topological polar surface area (TPSA) is 45.2 Å². The van der Waals surface area contributed by atoms with Crippen LogP contribution in [0.15, 0.2) is 73.1 Å². The smallest absolute Gasteiger partial charge is 0.255 e. The van der Waals surface area contributed by atoms with Gasteiger partial charge >= 0.3 is 0 Å². The Bertz CT molecular complexity index is 894. The predicted molar refractivity (Wildman–Crippen MR) is 103 cm³/mol. The Kier molecular flexibility index (Phi) is 4.75. The predicted octanol–water partition coefficient (Wildman–Crippen LogP) is 3.89. The molecule has 1 aliphatic rings. The number of pyridine rings is 1. The summed E-state index contributed by atoms with van der Waals surface area (Å²) in [6.07, 6.45) is 4.59. The van der Waals surface area contributed by atoms with Crippen molar-refractivity contribution in [3.05, 3.63) is 95.3 Å². The van der Waals surface area contributed by atoms with Crippen LogP contribution in [-0.2, 0) is 19.5 Å². The summed E-state index contributed by atoms with van der Waals surface area (Å²) in [5.41, 5.74) is 5.20. The Morgan fingerprint density at radius 2 is 1.73 bits per heavy atom. The molecule has 26 heavy (non-hydrogen) atoms. The highest BCUT2D eigenvalue weighted by molar-refractivity contribution is 6.04. The molecule has 2 aromatic carbocycles. The van der Waals surface area contributed by atoms with Crippen LogP contribution >= 0.6 is 0 Å². The average molecular weight is 343 g/mol. The Labute approximate surface area is 153 Å². The van der Waals surface area contributed by atoms with Gasteiger partial charge in [-0.15, -0.1) is 0 Å². The molecule has 0 saturated carbocycles. The number of rotatable bonds is 4. The van der Waals surface area contributed by atoms with Gasteiger partial charge in [-0.05, 0) is 35.2 Å². The molecule has 0 fully saturated rings. The zero-order valence-corrected chi connectivity index (χ0v) is 14.6. The van der Waals surface area contributed by atoms with Crippen molar-refractivity contribution >= 4 is 11.6 Å². The van der Waals surface area contributed by atoms with Gasteiger partial charge in [-0.3, -0.25) is 14.7 Å². The van der Waals surface area contributed by atoms with Gasteiger partial charge in [0, 0.05) is 31.4 Å². The minimum Gasteiger partial charge on any atom is -0.320 e. The molecular weight excluding hydrogens is 322 g/mol. The Morgan fingerprint density at radius 3 is 2.50 bits per heavy atom. The van der Waals surface area contributed by atoms with Crippen molar-refractivity contribution in [2.75, 3.05) is 11.9 Å². The molecule has 4 rings (SSSR count). The molecule has 4 nitrogen and oxygen atoms in total. The van der Waals surface area contributed by atoms with E-state index in [2.05, 4.69) is 39.5 Å². The van der Waals surface area contributed by atoms with Gasteiger partial charge in [0.1, 0.15) is 0 Å². The van der Waals surface area contributed by atoms with E-state index in [4.69, 9.17) is 0 Å². The van der Waals surface area contributed by atoms with E-state index >= 15 is 0 Å². The second-order valence-electron chi connectivity index (χ2n) is 6.59. The van der Waals surface area contributed by atoms with Gasteiger partial charge in [0.15, 0.2) is 0 Å². The van der Waals surface area contributed by atoms with E-state index in [0.29, 0.717) is 5.56 Å². The van der Waals surface area contributed by atoms with E-state index in [1.54, 1.807) is 6.20 Å². The molecule has 3 aromatic rings. The summed E-state index contributed by atoms with van der Waals surface area (Å²) in [5.74, 6) is -0.0903. The Morgan fingerprint density at radius 1 is 1.00 bits per heavy atom. The number of hydrogen-bond acceptors (Lipinski definition) is 3. The highest BCUT2D eigenvalue weighted by Gasteiger charge is 2.20. The number of nitrogens with one attached hydrogen (secondary N) is 1. The summed E-state index contributed by atoms with van der Waals surface area (Å²) in [6, 6.07) is 19.8. The molecule has 130 valence electrons. The van der Waals surface area contributed by atoms with Gasteiger partial charge < -0.3 is 5.32 Å². The summed E-state index contributed by atoms with van der Waals surface area (Å²) in [5, 5.41) is 3.03. The summed E-state index contributed by atoms with van der Waals surface area (Å²) in [4.78, 5) is 19.2. The minimum absolute atomic E-state index is 0.0903. The van der Waals surface area contributed by atoms with Crippen LogP contribution in [0.2, 0.25) is 0 Å². The van der Waals surface area contributed by atoms with Crippen molar-refractivity contribution in [3.8, 4) is 0 Å². The van der Waals surface area contributed by atoms with Crippen molar-refractivity contribution in [2.24, 2.45) is 0 Å². The van der Waals surface area contributed by atoms with Crippen molar-refractivity contribution in [3.63, 3.8) is 0 Å². The maximum Gasteiger partial charge on any atom is 0.255 e. The molecule has 0 spiro atoms. The summed E-state index contributed by atoms with van der Waals surface area (Å²) >= 11 is 0. The summed E-state index contributed by atoms with van der Waals surface area (Å²) in [7, 11) is 0. The quantitative estimate of drug-likeness (QED) is 0.782. The molecule has 0 radical (unpaired) electrons. The number of carbonyl (C=O) groups excluding carboxylic acids is 1. The van der Waals surface area contributed by atoms with Gasteiger partial charge in [-0.1, -0.05) is 48.5 Å². The summed E-state index contributed by atoms with van der Waals surface area (Å²) in [6.45, 7) is 2.76. The van der Waals surface area contributed by atoms with Crippen LogP contribution in [-0.4, -0.2) is 22.3 Å². The molecule has 0 aliphatic carbocycles. The number of aromatic nitrogens is 1. The molecule has 1 amide bonds. The fraction of sp³-hybridized carbons (Fsp3) is 0.182. The molecule has 1 aliphatic heterocycles. The third kappa shape index (κ3) is 3.65. The molecule has 1 aromatic heterocycles. The molecule has 4 heteroatoms. The largest absolute Gasteiger partial charge is 0.320 e. The fourth-order valence-electron chi connectivity index (χ4n) is 3.42. The molecule has 2 heterocycles. The third-order valence-corrected chi connectivity index (χ3v) is 4.75. The van der Waals surface area contributed by atoms with E-state index in [0.717, 1.165) is 31.7 Å². The maximum absolute atomic E-state index is 12.5. The lowest BCUT2D eigenvalue weighted by atomic mass is 9.99. The molecule has 1 N–H and O–H groups in total. The minimum atomic E-state index is -0.0903.